The molecule has 1 saturated heterocycles. The Labute approximate surface area is 87.4 Å². The smallest absolute Gasteiger partial charge is 0.0697 e. The van der Waals surface area contributed by atoms with E-state index in [0.29, 0.717) is 0 Å². The molecule has 0 saturated carbocycles. The maximum atomic E-state index is 5.35. The normalized spacial score (nSPS) is 20.6. The van der Waals surface area contributed by atoms with E-state index in [-0.39, 0.29) is 0 Å². The van der Waals surface area contributed by atoms with Gasteiger partial charge in [0.1, 0.15) is 0 Å². The lowest BCUT2D eigenvalue weighted by Gasteiger charge is -2.32. The van der Waals surface area contributed by atoms with Gasteiger partial charge >= 0.3 is 0 Å². The van der Waals surface area contributed by atoms with Crippen molar-refractivity contribution in [3.8, 4) is 0 Å². The van der Waals surface area contributed by atoms with Gasteiger partial charge < -0.3 is 9.80 Å². The molecule has 0 aromatic rings. The molecule has 1 fully saturated rings. The van der Waals surface area contributed by atoms with Crippen LogP contribution in [0.1, 0.15) is 6.42 Å². The van der Waals surface area contributed by atoms with Gasteiger partial charge in [-0.05, 0) is 13.5 Å². The van der Waals surface area contributed by atoms with Crippen molar-refractivity contribution in [2.24, 2.45) is 0 Å². The molecule has 84 valence electrons. The molecule has 0 atom stereocenters. The fraction of sp³-hybridized carbons (Fsp3) is 1.00. The second-order valence-electron chi connectivity index (χ2n) is 4.14. The van der Waals surface area contributed by atoms with E-state index in [2.05, 4.69) is 16.8 Å². The summed E-state index contributed by atoms with van der Waals surface area (Å²) in [5, 5.41) is 1.77. The Morgan fingerprint density at radius 2 is 1.79 bits per heavy atom. The van der Waals surface area contributed by atoms with Gasteiger partial charge in [0, 0.05) is 46.8 Å². The first-order valence-electron chi connectivity index (χ1n) is 5.39. The van der Waals surface area contributed by atoms with Crippen molar-refractivity contribution in [3.63, 3.8) is 0 Å². The van der Waals surface area contributed by atoms with E-state index in [0.717, 1.165) is 13.0 Å². The van der Waals surface area contributed by atoms with Gasteiger partial charge in [0.2, 0.25) is 0 Å². The fourth-order valence-electron chi connectivity index (χ4n) is 1.61. The van der Waals surface area contributed by atoms with E-state index in [1.54, 1.807) is 5.06 Å². The topological polar surface area (TPSA) is 19.0 Å². The fourth-order valence-corrected chi connectivity index (χ4v) is 1.61. The Balaban J connectivity index is 1.96. The maximum absolute atomic E-state index is 5.35. The highest BCUT2D eigenvalue weighted by Crippen LogP contribution is 2.00. The van der Waals surface area contributed by atoms with Crippen molar-refractivity contribution < 1.29 is 4.84 Å². The Kier molecular flexibility index (Phi) is 5.40. The van der Waals surface area contributed by atoms with Crippen molar-refractivity contribution >= 4 is 0 Å². The minimum absolute atomic E-state index is 0.833. The first kappa shape index (κ1) is 11.9. The van der Waals surface area contributed by atoms with Gasteiger partial charge in [-0.15, -0.1) is 0 Å². The average molecular weight is 201 g/mol. The Morgan fingerprint density at radius 3 is 2.36 bits per heavy atom. The van der Waals surface area contributed by atoms with E-state index < -0.39 is 0 Å². The Bertz CT molecular complexity index is 144. The lowest BCUT2D eigenvalue weighted by Crippen LogP contribution is -2.44. The zero-order valence-corrected chi connectivity index (χ0v) is 9.70. The molecular weight excluding hydrogens is 178 g/mol. The molecule has 0 aromatic carbocycles. The summed E-state index contributed by atoms with van der Waals surface area (Å²) in [6.45, 7) is 6.82. The van der Waals surface area contributed by atoms with Crippen molar-refractivity contribution in [2.45, 2.75) is 6.42 Å². The summed E-state index contributed by atoms with van der Waals surface area (Å²) >= 11 is 0. The molecule has 14 heavy (non-hydrogen) atoms. The lowest BCUT2D eigenvalue weighted by molar-refractivity contribution is -0.121. The molecule has 4 nitrogen and oxygen atoms in total. The number of hydrogen-bond acceptors (Lipinski definition) is 4. The molecule has 0 bridgehead atoms. The molecule has 0 N–H and O–H groups in total. The van der Waals surface area contributed by atoms with E-state index in [1.807, 2.05) is 14.1 Å². The molecule has 0 radical (unpaired) electrons. The molecular formula is C10H23N3O. The number of rotatable bonds is 5. The summed E-state index contributed by atoms with van der Waals surface area (Å²) in [5.74, 6) is 0. The quantitative estimate of drug-likeness (QED) is 0.464. The van der Waals surface area contributed by atoms with Crippen LogP contribution in [0.15, 0.2) is 0 Å². The molecule has 4 heteroatoms. The summed E-state index contributed by atoms with van der Waals surface area (Å²) in [4.78, 5) is 10.2. The van der Waals surface area contributed by atoms with Crippen LogP contribution in [0.2, 0.25) is 0 Å². The molecule has 1 heterocycles. The minimum atomic E-state index is 0.833. The first-order valence-corrected chi connectivity index (χ1v) is 5.39. The van der Waals surface area contributed by atoms with Crippen molar-refractivity contribution in [2.75, 3.05) is 60.5 Å². The van der Waals surface area contributed by atoms with Crippen LogP contribution >= 0.6 is 0 Å². The predicted octanol–water partition coefficient (Wildman–Crippen LogP) is 0.117. The van der Waals surface area contributed by atoms with Crippen LogP contribution in [-0.4, -0.2) is 75.3 Å². The monoisotopic (exact) mass is 201 g/mol. The zero-order valence-electron chi connectivity index (χ0n) is 9.70. The highest BCUT2D eigenvalue weighted by atomic mass is 16.7. The third-order valence-corrected chi connectivity index (χ3v) is 2.56. The molecule has 1 aliphatic rings. The first-order chi connectivity index (χ1) is 6.68. The molecule has 0 unspecified atom stereocenters. The highest BCUT2D eigenvalue weighted by molar-refractivity contribution is 4.68. The van der Waals surface area contributed by atoms with Gasteiger partial charge in [-0.25, -0.2) is 0 Å². The molecule has 1 rings (SSSR count). The number of piperazine rings is 1. The SMILES string of the molecule is CN1CCN(CCCON(C)C)CC1. The molecule has 1 aliphatic heterocycles. The van der Waals surface area contributed by atoms with Crippen LogP contribution in [-0.2, 0) is 4.84 Å². The van der Waals surface area contributed by atoms with E-state index in [4.69, 9.17) is 4.84 Å². The van der Waals surface area contributed by atoms with Crippen molar-refractivity contribution in [3.05, 3.63) is 0 Å². The largest absolute Gasteiger partial charge is 0.304 e. The minimum Gasteiger partial charge on any atom is -0.304 e. The van der Waals surface area contributed by atoms with Crippen molar-refractivity contribution in [1.82, 2.24) is 14.9 Å². The second-order valence-corrected chi connectivity index (χ2v) is 4.14. The molecule has 0 amide bonds. The van der Waals surface area contributed by atoms with Crippen LogP contribution in [0.5, 0.6) is 0 Å². The van der Waals surface area contributed by atoms with Gasteiger partial charge in [-0.1, -0.05) is 0 Å². The Hall–Kier alpha value is -0.160. The van der Waals surface area contributed by atoms with Gasteiger partial charge in [0.15, 0.2) is 0 Å². The van der Waals surface area contributed by atoms with Crippen LogP contribution in [0, 0.1) is 0 Å². The van der Waals surface area contributed by atoms with Gasteiger partial charge in [-0.3, -0.25) is 4.84 Å². The zero-order chi connectivity index (χ0) is 10.4. The van der Waals surface area contributed by atoms with Gasteiger partial charge in [0.05, 0.1) is 6.61 Å². The van der Waals surface area contributed by atoms with Crippen LogP contribution in [0.3, 0.4) is 0 Å². The van der Waals surface area contributed by atoms with Gasteiger partial charge in [-0.2, -0.15) is 5.06 Å². The van der Waals surface area contributed by atoms with E-state index >= 15 is 0 Å². The summed E-state index contributed by atoms with van der Waals surface area (Å²) in [7, 11) is 6.04. The predicted molar refractivity (Wildman–Crippen MR) is 58.2 cm³/mol. The van der Waals surface area contributed by atoms with Crippen LogP contribution < -0.4 is 0 Å². The van der Waals surface area contributed by atoms with Crippen LogP contribution in [0.25, 0.3) is 0 Å². The van der Waals surface area contributed by atoms with E-state index in [9.17, 15) is 0 Å². The third-order valence-electron chi connectivity index (χ3n) is 2.56. The maximum Gasteiger partial charge on any atom is 0.0697 e. The van der Waals surface area contributed by atoms with Gasteiger partial charge in [0.25, 0.3) is 0 Å². The molecule has 0 aromatic heterocycles. The number of likely N-dealkylation sites (N-methyl/N-ethyl adjacent to an activating group) is 1. The summed E-state index contributed by atoms with van der Waals surface area (Å²) < 4.78 is 0. The summed E-state index contributed by atoms with van der Waals surface area (Å²) in [5.41, 5.74) is 0. The van der Waals surface area contributed by atoms with Crippen molar-refractivity contribution in [1.29, 1.82) is 0 Å². The molecule has 0 spiro atoms. The highest BCUT2D eigenvalue weighted by Gasteiger charge is 2.12. The van der Waals surface area contributed by atoms with Crippen LogP contribution in [0.4, 0.5) is 0 Å². The number of hydroxylamine groups is 2. The Morgan fingerprint density at radius 1 is 1.14 bits per heavy atom. The third kappa shape index (κ3) is 4.91. The second kappa shape index (κ2) is 6.35. The standard InChI is InChI=1S/C10H23N3O/c1-11(2)14-10-4-5-13-8-6-12(3)7-9-13/h4-10H2,1-3H3. The number of nitrogens with zero attached hydrogens (tertiary/aromatic N) is 3. The molecule has 0 aliphatic carbocycles. The summed E-state index contributed by atoms with van der Waals surface area (Å²) in [6.07, 6.45) is 1.13. The lowest BCUT2D eigenvalue weighted by atomic mass is 10.3. The average Bonchev–Trinajstić information content (AvgIpc) is 2.15. The number of hydrogen-bond donors (Lipinski definition) is 0. The van der Waals surface area contributed by atoms with E-state index in [1.165, 1.54) is 32.7 Å². The summed E-state index contributed by atoms with van der Waals surface area (Å²) in [6, 6.07) is 0.